The molecule has 0 unspecified atom stereocenters. The average Bonchev–Trinajstić information content (AvgIpc) is 2.99. The smallest absolute Gasteiger partial charge is 0.352 e. The largest absolute Gasteiger partial charge is 0.497 e. The van der Waals surface area contributed by atoms with Crippen molar-refractivity contribution in [2.24, 2.45) is 0 Å². The molecular weight excluding hydrogens is 391 g/mol. The second kappa shape index (κ2) is 7.73. The Morgan fingerprint density at radius 3 is 2.70 bits per heavy atom. The molecule has 0 bridgehead atoms. The lowest BCUT2D eigenvalue weighted by atomic mass is 10.1. The third-order valence-corrected chi connectivity index (χ3v) is 4.32. The van der Waals surface area contributed by atoms with Crippen molar-refractivity contribution in [1.82, 2.24) is 4.98 Å². The summed E-state index contributed by atoms with van der Waals surface area (Å²) in [6.45, 7) is 0. The van der Waals surface area contributed by atoms with Crippen molar-refractivity contribution in [2.75, 3.05) is 12.4 Å². The summed E-state index contributed by atoms with van der Waals surface area (Å²) in [5.74, 6) is -1.00. The molecule has 6 nitrogen and oxygen atoms in total. The van der Waals surface area contributed by atoms with Crippen LogP contribution in [0.4, 0.5) is 5.69 Å². The van der Waals surface area contributed by atoms with Crippen molar-refractivity contribution in [3.05, 3.63) is 63.8 Å². The fourth-order valence-electron chi connectivity index (χ4n) is 2.65. The zero-order valence-electron chi connectivity index (χ0n) is 14.0. The van der Waals surface area contributed by atoms with Crippen molar-refractivity contribution in [3.63, 3.8) is 0 Å². The summed E-state index contributed by atoms with van der Waals surface area (Å²) in [4.78, 5) is 26.5. The number of aromatic amines is 1. The highest BCUT2D eigenvalue weighted by Crippen LogP contribution is 2.33. The van der Waals surface area contributed by atoms with E-state index in [1.807, 2.05) is 0 Å². The molecule has 1 heterocycles. The van der Waals surface area contributed by atoms with Gasteiger partial charge in [-0.25, -0.2) is 4.79 Å². The molecular formula is C19H14Cl2N2O4. The summed E-state index contributed by atoms with van der Waals surface area (Å²) in [5, 5.41) is 13.2. The number of anilines is 1. The SMILES string of the molecule is COc1cccc(NC(=O)/C=C/c2c(C(=O)O)[nH]c3cc(Cl)cc(Cl)c23)c1. The first kappa shape index (κ1) is 18.8. The van der Waals surface area contributed by atoms with Crippen LogP contribution in [0.2, 0.25) is 10.0 Å². The zero-order valence-corrected chi connectivity index (χ0v) is 15.6. The monoisotopic (exact) mass is 404 g/mol. The Bertz CT molecular complexity index is 1070. The zero-order chi connectivity index (χ0) is 19.6. The average molecular weight is 405 g/mol. The molecule has 3 aromatic rings. The number of benzene rings is 2. The lowest BCUT2D eigenvalue weighted by Gasteiger charge is -2.04. The number of carbonyl (C=O) groups excluding carboxylic acids is 1. The van der Waals surface area contributed by atoms with E-state index < -0.39 is 11.9 Å². The van der Waals surface area contributed by atoms with Crippen molar-refractivity contribution in [3.8, 4) is 5.75 Å². The normalized spacial score (nSPS) is 11.1. The molecule has 0 aliphatic carbocycles. The van der Waals surface area contributed by atoms with E-state index in [0.29, 0.717) is 32.9 Å². The van der Waals surface area contributed by atoms with Crippen molar-refractivity contribution in [1.29, 1.82) is 0 Å². The molecule has 0 aliphatic rings. The Labute approximate surface area is 164 Å². The minimum Gasteiger partial charge on any atom is -0.497 e. The van der Waals surface area contributed by atoms with Gasteiger partial charge in [0.2, 0.25) is 5.91 Å². The van der Waals surface area contributed by atoms with Gasteiger partial charge in [-0.2, -0.15) is 0 Å². The standard InChI is InChI=1S/C19H14Cl2N2O4/c1-27-12-4-2-3-11(9-12)22-16(24)6-5-13-17-14(21)7-10(20)8-15(17)23-18(13)19(25)26/h2-9,23H,1H3,(H,22,24)(H,25,26)/b6-5+. The lowest BCUT2D eigenvalue weighted by molar-refractivity contribution is -0.111. The highest BCUT2D eigenvalue weighted by Gasteiger charge is 2.18. The third-order valence-electron chi connectivity index (χ3n) is 3.81. The van der Waals surface area contributed by atoms with E-state index in [4.69, 9.17) is 27.9 Å². The predicted octanol–water partition coefficient (Wildman–Crippen LogP) is 4.83. The number of aromatic carboxylic acids is 1. The van der Waals surface area contributed by atoms with E-state index in [1.54, 1.807) is 30.3 Å². The van der Waals surface area contributed by atoms with Gasteiger partial charge in [-0.05, 0) is 30.3 Å². The molecule has 0 saturated heterocycles. The van der Waals surface area contributed by atoms with Gasteiger partial charge in [0.15, 0.2) is 0 Å². The summed E-state index contributed by atoms with van der Waals surface area (Å²) < 4.78 is 5.10. The Balaban J connectivity index is 1.94. The number of carboxylic acids is 1. The maximum atomic E-state index is 12.2. The van der Waals surface area contributed by atoms with E-state index in [2.05, 4.69) is 10.3 Å². The number of aromatic nitrogens is 1. The van der Waals surface area contributed by atoms with Gasteiger partial charge in [0.25, 0.3) is 0 Å². The Kier molecular flexibility index (Phi) is 5.39. The number of H-pyrrole nitrogens is 1. The number of methoxy groups -OCH3 is 1. The predicted molar refractivity (Wildman–Crippen MR) is 106 cm³/mol. The van der Waals surface area contributed by atoms with Crippen LogP contribution in [0.5, 0.6) is 5.75 Å². The van der Waals surface area contributed by atoms with Gasteiger partial charge in [-0.1, -0.05) is 29.3 Å². The van der Waals surface area contributed by atoms with E-state index >= 15 is 0 Å². The highest BCUT2D eigenvalue weighted by atomic mass is 35.5. The Morgan fingerprint density at radius 1 is 1.22 bits per heavy atom. The van der Waals surface area contributed by atoms with E-state index in [0.717, 1.165) is 0 Å². The molecule has 0 atom stereocenters. The molecule has 2 aromatic carbocycles. The topological polar surface area (TPSA) is 91.4 Å². The number of rotatable bonds is 5. The second-order valence-electron chi connectivity index (χ2n) is 5.58. The number of hydrogen-bond acceptors (Lipinski definition) is 3. The van der Waals surface area contributed by atoms with Crippen LogP contribution in [0.3, 0.4) is 0 Å². The molecule has 27 heavy (non-hydrogen) atoms. The van der Waals surface area contributed by atoms with Gasteiger partial charge < -0.3 is 20.1 Å². The first-order valence-corrected chi connectivity index (χ1v) is 8.51. The van der Waals surface area contributed by atoms with Crippen LogP contribution >= 0.6 is 23.2 Å². The molecule has 0 aliphatic heterocycles. The van der Waals surface area contributed by atoms with Gasteiger partial charge in [-0.15, -0.1) is 0 Å². The van der Waals surface area contributed by atoms with Gasteiger partial charge in [0.05, 0.1) is 12.1 Å². The molecule has 0 radical (unpaired) electrons. The number of carboxylic acid groups (broad SMARTS) is 1. The molecule has 1 aromatic heterocycles. The molecule has 138 valence electrons. The molecule has 3 rings (SSSR count). The molecule has 8 heteroatoms. The summed E-state index contributed by atoms with van der Waals surface area (Å²) in [7, 11) is 1.53. The van der Waals surface area contributed by atoms with Crippen LogP contribution in [0.15, 0.2) is 42.5 Å². The first-order valence-electron chi connectivity index (χ1n) is 7.76. The minimum absolute atomic E-state index is 0.0837. The lowest BCUT2D eigenvalue weighted by Crippen LogP contribution is -2.08. The number of nitrogens with one attached hydrogen (secondary N) is 2. The second-order valence-corrected chi connectivity index (χ2v) is 6.43. The summed E-state index contributed by atoms with van der Waals surface area (Å²) in [6, 6.07) is 9.95. The number of amides is 1. The van der Waals surface area contributed by atoms with Crippen LogP contribution in [-0.4, -0.2) is 29.1 Å². The maximum absolute atomic E-state index is 12.2. The van der Waals surface area contributed by atoms with Crippen LogP contribution in [0.1, 0.15) is 16.1 Å². The quantitative estimate of drug-likeness (QED) is 0.530. The van der Waals surface area contributed by atoms with Crippen LogP contribution in [0.25, 0.3) is 17.0 Å². The third kappa shape index (κ3) is 4.07. The summed E-state index contributed by atoms with van der Waals surface area (Å²) in [5.41, 5.74) is 1.23. The van der Waals surface area contributed by atoms with Crippen molar-refractivity contribution in [2.45, 2.75) is 0 Å². The number of hydrogen-bond donors (Lipinski definition) is 3. The van der Waals surface area contributed by atoms with Crippen LogP contribution in [0, 0.1) is 0 Å². The van der Waals surface area contributed by atoms with Crippen LogP contribution < -0.4 is 10.1 Å². The molecule has 1 amide bonds. The van der Waals surface area contributed by atoms with Gasteiger partial charge in [-0.3, -0.25) is 4.79 Å². The highest BCUT2D eigenvalue weighted by molar-refractivity contribution is 6.39. The molecule has 0 fully saturated rings. The Morgan fingerprint density at radius 2 is 2.00 bits per heavy atom. The fraction of sp³-hybridized carbons (Fsp3) is 0.0526. The van der Waals surface area contributed by atoms with Crippen molar-refractivity contribution < 1.29 is 19.4 Å². The fourth-order valence-corrected chi connectivity index (χ4v) is 3.25. The van der Waals surface area contributed by atoms with Gasteiger partial charge >= 0.3 is 5.97 Å². The van der Waals surface area contributed by atoms with E-state index in [-0.39, 0.29) is 10.7 Å². The van der Waals surface area contributed by atoms with Gasteiger partial charge in [0, 0.05) is 39.3 Å². The summed E-state index contributed by atoms with van der Waals surface area (Å²) in [6.07, 6.45) is 2.64. The summed E-state index contributed by atoms with van der Waals surface area (Å²) >= 11 is 12.2. The van der Waals surface area contributed by atoms with E-state index in [1.165, 1.54) is 25.3 Å². The minimum atomic E-state index is -1.17. The van der Waals surface area contributed by atoms with E-state index in [9.17, 15) is 14.7 Å². The van der Waals surface area contributed by atoms with Gasteiger partial charge in [0.1, 0.15) is 11.4 Å². The number of carbonyl (C=O) groups is 2. The number of fused-ring (bicyclic) bond motifs is 1. The first-order chi connectivity index (χ1) is 12.9. The molecule has 0 spiro atoms. The Hall–Kier alpha value is -2.96. The maximum Gasteiger partial charge on any atom is 0.352 e. The molecule has 3 N–H and O–H groups in total. The molecule has 0 saturated carbocycles. The van der Waals surface area contributed by atoms with Crippen molar-refractivity contribution >= 4 is 57.7 Å². The number of halogens is 2. The number of ether oxygens (including phenoxy) is 1. The van der Waals surface area contributed by atoms with Crippen LogP contribution in [-0.2, 0) is 4.79 Å².